The summed E-state index contributed by atoms with van der Waals surface area (Å²) >= 11 is 11.6. The molecule has 2 aromatic carbocycles. The number of thiocarbonyl (C=S) groups is 1. The van der Waals surface area contributed by atoms with Gasteiger partial charge in [-0.1, -0.05) is 41.9 Å². The topological polar surface area (TPSA) is 27.3 Å². The molecule has 2 N–H and O–H groups in total. The third-order valence-electron chi connectivity index (χ3n) is 3.71. The molecule has 0 aliphatic carbocycles. The van der Waals surface area contributed by atoms with E-state index in [9.17, 15) is 4.39 Å². The summed E-state index contributed by atoms with van der Waals surface area (Å²) in [5.74, 6) is -0.243. The number of benzene rings is 2. The Morgan fingerprint density at radius 2 is 1.79 bits per heavy atom. The van der Waals surface area contributed by atoms with Crippen LogP contribution in [0.3, 0.4) is 0 Å². The highest BCUT2D eigenvalue weighted by Gasteiger charge is 2.16. The van der Waals surface area contributed by atoms with Crippen LogP contribution < -0.4 is 10.6 Å². The van der Waals surface area contributed by atoms with Crippen LogP contribution in [0.15, 0.2) is 48.5 Å². The summed E-state index contributed by atoms with van der Waals surface area (Å²) in [4.78, 5) is 2.09. The Labute approximate surface area is 152 Å². The van der Waals surface area contributed by atoms with Crippen LogP contribution in [0.4, 0.5) is 4.39 Å². The Kier molecular flexibility index (Phi) is 6.97. The van der Waals surface area contributed by atoms with Crippen molar-refractivity contribution in [2.45, 2.75) is 12.6 Å². The van der Waals surface area contributed by atoms with Crippen molar-refractivity contribution in [2.24, 2.45) is 0 Å². The minimum atomic E-state index is -0.243. The van der Waals surface area contributed by atoms with Gasteiger partial charge in [-0.05, 0) is 55.6 Å². The Hall–Kier alpha value is -1.69. The summed E-state index contributed by atoms with van der Waals surface area (Å²) in [5.41, 5.74) is 2.02. The van der Waals surface area contributed by atoms with Gasteiger partial charge in [-0.15, -0.1) is 0 Å². The molecular formula is C18H21ClFN3S. The van der Waals surface area contributed by atoms with Gasteiger partial charge in [-0.3, -0.25) is 0 Å². The molecule has 128 valence electrons. The van der Waals surface area contributed by atoms with Gasteiger partial charge in [0.25, 0.3) is 0 Å². The van der Waals surface area contributed by atoms with Crippen molar-refractivity contribution in [3.05, 3.63) is 70.5 Å². The van der Waals surface area contributed by atoms with Crippen molar-refractivity contribution in [3.8, 4) is 0 Å². The van der Waals surface area contributed by atoms with Crippen molar-refractivity contribution < 1.29 is 4.39 Å². The molecule has 0 heterocycles. The smallest absolute Gasteiger partial charge is 0.166 e. The third kappa shape index (κ3) is 5.44. The van der Waals surface area contributed by atoms with Crippen LogP contribution in [0.2, 0.25) is 5.02 Å². The summed E-state index contributed by atoms with van der Waals surface area (Å²) in [5, 5.41) is 7.64. The first-order valence-corrected chi connectivity index (χ1v) is 8.43. The van der Waals surface area contributed by atoms with E-state index in [1.807, 2.05) is 38.4 Å². The number of nitrogens with zero attached hydrogens (tertiary/aromatic N) is 1. The molecule has 6 heteroatoms. The van der Waals surface area contributed by atoms with Gasteiger partial charge in [-0.2, -0.15) is 0 Å². The lowest BCUT2D eigenvalue weighted by Gasteiger charge is -2.26. The maximum absolute atomic E-state index is 12.9. The van der Waals surface area contributed by atoms with Crippen LogP contribution >= 0.6 is 23.8 Å². The Morgan fingerprint density at radius 3 is 2.42 bits per heavy atom. The average molecular weight is 366 g/mol. The maximum atomic E-state index is 12.9. The molecule has 2 rings (SSSR count). The van der Waals surface area contributed by atoms with E-state index in [-0.39, 0.29) is 11.9 Å². The first kappa shape index (κ1) is 18.6. The van der Waals surface area contributed by atoms with Crippen LogP contribution in [0.1, 0.15) is 17.2 Å². The van der Waals surface area contributed by atoms with Gasteiger partial charge in [0.05, 0.1) is 6.04 Å². The third-order valence-corrected chi connectivity index (χ3v) is 4.34. The van der Waals surface area contributed by atoms with Gasteiger partial charge in [0, 0.05) is 18.1 Å². The van der Waals surface area contributed by atoms with Crippen LogP contribution in [0.5, 0.6) is 0 Å². The zero-order chi connectivity index (χ0) is 17.5. The molecule has 0 fully saturated rings. The standard InChI is InChI=1S/C18H21ClFN3S/c1-23(2)17(15-5-3-4-6-16(15)19)12-22-18(24)21-11-13-7-9-14(20)10-8-13/h3-10,17H,11-12H2,1-2H3,(H2,21,22,24)/t17-/m1/s1. The maximum Gasteiger partial charge on any atom is 0.166 e. The predicted molar refractivity (Wildman–Crippen MR) is 102 cm³/mol. The molecule has 0 saturated carbocycles. The van der Waals surface area contributed by atoms with E-state index in [1.165, 1.54) is 12.1 Å². The zero-order valence-electron chi connectivity index (χ0n) is 13.7. The number of nitrogens with one attached hydrogen (secondary N) is 2. The van der Waals surface area contributed by atoms with Crippen molar-refractivity contribution in [1.29, 1.82) is 0 Å². The molecule has 24 heavy (non-hydrogen) atoms. The Bertz CT molecular complexity index is 676. The van der Waals surface area contributed by atoms with Crippen LogP contribution in [-0.2, 0) is 6.54 Å². The lowest BCUT2D eigenvalue weighted by Crippen LogP contribution is -2.40. The quantitative estimate of drug-likeness (QED) is 0.762. The van der Waals surface area contributed by atoms with Crippen molar-refractivity contribution in [3.63, 3.8) is 0 Å². The van der Waals surface area contributed by atoms with Crippen LogP contribution in [0.25, 0.3) is 0 Å². The minimum absolute atomic E-state index is 0.101. The second-order valence-corrected chi connectivity index (χ2v) is 6.51. The highest BCUT2D eigenvalue weighted by molar-refractivity contribution is 7.80. The van der Waals surface area contributed by atoms with Gasteiger partial charge in [-0.25, -0.2) is 4.39 Å². The molecule has 0 aliphatic heterocycles. The van der Waals surface area contributed by atoms with Gasteiger partial charge in [0.15, 0.2) is 5.11 Å². The molecule has 2 aromatic rings. The first-order chi connectivity index (χ1) is 11.5. The lowest BCUT2D eigenvalue weighted by atomic mass is 10.1. The number of likely N-dealkylation sites (N-methyl/N-ethyl adjacent to an activating group) is 1. The molecule has 0 bridgehead atoms. The second kappa shape index (κ2) is 8.97. The minimum Gasteiger partial charge on any atom is -0.361 e. The fraction of sp³-hybridized carbons (Fsp3) is 0.278. The van der Waals surface area contributed by atoms with E-state index in [2.05, 4.69) is 15.5 Å². The number of halogens is 2. The van der Waals surface area contributed by atoms with Crippen LogP contribution in [0, 0.1) is 5.82 Å². The van der Waals surface area contributed by atoms with Crippen molar-refractivity contribution in [1.82, 2.24) is 15.5 Å². The number of hydrogen-bond donors (Lipinski definition) is 2. The van der Waals surface area contributed by atoms with E-state index in [1.54, 1.807) is 12.1 Å². The highest BCUT2D eigenvalue weighted by atomic mass is 35.5. The summed E-state index contributed by atoms with van der Waals surface area (Å²) in [6, 6.07) is 14.2. The normalized spacial score (nSPS) is 12.0. The number of rotatable bonds is 6. The molecular weight excluding hydrogens is 345 g/mol. The van der Waals surface area contributed by atoms with E-state index >= 15 is 0 Å². The predicted octanol–water partition coefficient (Wildman–Crippen LogP) is 3.75. The molecule has 0 unspecified atom stereocenters. The molecule has 0 saturated heterocycles. The second-order valence-electron chi connectivity index (χ2n) is 5.69. The molecule has 3 nitrogen and oxygen atoms in total. The summed E-state index contributed by atoms with van der Waals surface area (Å²) in [6.07, 6.45) is 0. The Balaban J connectivity index is 1.88. The zero-order valence-corrected chi connectivity index (χ0v) is 15.3. The van der Waals surface area contributed by atoms with Gasteiger partial charge >= 0.3 is 0 Å². The highest BCUT2D eigenvalue weighted by Crippen LogP contribution is 2.25. The molecule has 0 aromatic heterocycles. The molecule has 1 atom stereocenters. The fourth-order valence-corrected chi connectivity index (χ4v) is 2.77. The van der Waals surface area contributed by atoms with Gasteiger partial charge < -0.3 is 15.5 Å². The lowest BCUT2D eigenvalue weighted by molar-refractivity contribution is 0.298. The summed E-state index contributed by atoms with van der Waals surface area (Å²) in [7, 11) is 4.01. The number of hydrogen-bond acceptors (Lipinski definition) is 2. The molecule has 0 aliphatic rings. The monoisotopic (exact) mass is 365 g/mol. The average Bonchev–Trinajstić information content (AvgIpc) is 2.56. The van der Waals surface area contributed by atoms with Crippen molar-refractivity contribution >= 4 is 28.9 Å². The largest absolute Gasteiger partial charge is 0.361 e. The van der Waals surface area contributed by atoms with Crippen molar-refractivity contribution in [2.75, 3.05) is 20.6 Å². The molecule has 0 radical (unpaired) electrons. The van der Waals surface area contributed by atoms with Gasteiger partial charge in [0.1, 0.15) is 5.82 Å². The van der Waals surface area contributed by atoms with Crippen LogP contribution in [-0.4, -0.2) is 30.7 Å². The SMILES string of the molecule is CN(C)[C@H](CNC(=S)NCc1ccc(F)cc1)c1ccccc1Cl. The molecule has 0 amide bonds. The summed E-state index contributed by atoms with van der Waals surface area (Å²) in [6.45, 7) is 1.18. The summed E-state index contributed by atoms with van der Waals surface area (Å²) < 4.78 is 12.9. The van der Waals surface area contributed by atoms with E-state index in [4.69, 9.17) is 23.8 Å². The first-order valence-electron chi connectivity index (χ1n) is 7.64. The fourth-order valence-electron chi connectivity index (χ4n) is 2.35. The van der Waals surface area contributed by atoms with Gasteiger partial charge in [0.2, 0.25) is 0 Å². The van der Waals surface area contributed by atoms with E-state index in [0.717, 1.165) is 16.1 Å². The molecule has 0 spiro atoms. The van der Waals surface area contributed by atoms with E-state index in [0.29, 0.717) is 18.2 Å². The van der Waals surface area contributed by atoms with E-state index < -0.39 is 0 Å². The Morgan fingerprint density at radius 1 is 1.12 bits per heavy atom.